The van der Waals surface area contributed by atoms with Crippen molar-refractivity contribution in [2.24, 2.45) is 0 Å². The van der Waals surface area contributed by atoms with Crippen LogP contribution in [0.25, 0.3) is 5.52 Å². The molecule has 0 amide bonds. The first kappa shape index (κ1) is 15.2. The molecular formula is C14H22N5O2+. The number of rotatable bonds is 5. The van der Waals surface area contributed by atoms with Gasteiger partial charge in [-0.15, -0.1) is 5.10 Å². The Morgan fingerprint density at radius 2 is 2.00 bits per heavy atom. The molecule has 114 valence electrons. The fraction of sp³-hybridized carbons (Fsp3) is 0.500. The zero-order chi connectivity index (χ0) is 15.8. The van der Waals surface area contributed by atoms with Crippen molar-refractivity contribution in [1.29, 1.82) is 0 Å². The normalized spacial score (nSPS) is 11.9. The van der Waals surface area contributed by atoms with E-state index in [1.807, 2.05) is 19.9 Å². The SMILES string of the molecule is Cc1ccc2c([N+](=O)[O-])c(NCC[N+](C)(C)C)nn2c1C. The van der Waals surface area contributed by atoms with Gasteiger partial charge in [0, 0.05) is 5.69 Å². The van der Waals surface area contributed by atoms with E-state index in [9.17, 15) is 10.1 Å². The van der Waals surface area contributed by atoms with E-state index in [1.165, 1.54) is 0 Å². The van der Waals surface area contributed by atoms with E-state index in [4.69, 9.17) is 0 Å². The number of anilines is 1. The zero-order valence-electron chi connectivity index (χ0n) is 13.2. The predicted molar refractivity (Wildman–Crippen MR) is 82.7 cm³/mol. The van der Waals surface area contributed by atoms with Crippen molar-refractivity contribution in [2.75, 3.05) is 39.5 Å². The second kappa shape index (κ2) is 5.33. The molecular weight excluding hydrogens is 270 g/mol. The number of pyridine rings is 1. The molecule has 0 radical (unpaired) electrons. The Labute approximate surface area is 123 Å². The Morgan fingerprint density at radius 1 is 1.33 bits per heavy atom. The lowest BCUT2D eigenvalue weighted by atomic mass is 10.2. The van der Waals surface area contributed by atoms with Crippen LogP contribution in [0, 0.1) is 24.0 Å². The summed E-state index contributed by atoms with van der Waals surface area (Å²) in [6.07, 6.45) is 0. The molecule has 2 aromatic heterocycles. The summed E-state index contributed by atoms with van der Waals surface area (Å²) in [5.41, 5.74) is 2.53. The molecule has 21 heavy (non-hydrogen) atoms. The lowest BCUT2D eigenvalue weighted by Crippen LogP contribution is -2.38. The molecule has 0 saturated heterocycles. The van der Waals surface area contributed by atoms with Gasteiger partial charge >= 0.3 is 5.69 Å². The van der Waals surface area contributed by atoms with Crippen molar-refractivity contribution < 1.29 is 9.41 Å². The highest BCUT2D eigenvalue weighted by Gasteiger charge is 2.24. The number of hydrogen-bond acceptors (Lipinski definition) is 4. The Kier molecular flexibility index (Phi) is 3.87. The van der Waals surface area contributed by atoms with Crippen molar-refractivity contribution in [1.82, 2.24) is 9.61 Å². The quantitative estimate of drug-likeness (QED) is 0.519. The van der Waals surface area contributed by atoms with Crippen molar-refractivity contribution in [3.05, 3.63) is 33.5 Å². The van der Waals surface area contributed by atoms with Gasteiger partial charge in [-0.25, -0.2) is 4.52 Å². The Bertz CT molecular complexity index is 685. The molecule has 2 aromatic rings. The van der Waals surface area contributed by atoms with Gasteiger partial charge in [0.25, 0.3) is 0 Å². The summed E-state index contributed by atoms with van der Waals surface area (Å²) >= 11 is 0. The molecule has 0 fully saturated rings. The molecule has 0 aliphatic heterocycles. The highest BCUT2D eigenvalue weighted by molar-refractivity contribution is 5.77. The second-order valence-corrected chi connectivity index (χ2v) is 6.29. The van der Waals surface area contributed by atoms with Crippen LogP contribution >= 0.6 is 0 Å². The van der Waals surface area contributed by atoms with Crippen LogP contribution in [0.15, 0.2) is 12.1 Å². The summed E-state index contributed by atoms with van der Waals surface area (Å²) < 4.78 is 2.42. The number of nitrogens with one attached hydrogen (secondary N) is 1. The third-order valence-electron chi connectivity index (χ3n) is 3.53. The van der Waals surface area contributed by atoms with Gasteiger partial charge in [0.2, 0.25) is 5.82 Å². The zero-order valence-corrected chi connectivity index (χ0v) is 13.2. The fourth-order valence-corrected chi connectivity index (χ4v) is 2.13. The molecule has 0 atom stereocenters. The average molecular weight is 292 g/mol. The number of hydrogen-bond donors (Lipinski definition) is 1. The second-order valence-electron chi connectivity index (χ2n) is 6.29. The Balaban J connectivity index is 2.41. The fourth-order valence-electron chi connectivity index (χ4n) is 2.13. The van der Waals surface area contributed by atoms with Crippen LogP contribution < -0.4 is 5.32 Å². The van der Waals surface area contributed by atoms with Gasteiger partial charge in [0.1, 0.15) is 5.52 Å². The van der Waals surface area contributed by atoms with Crippen LogP contribution in [0.2, 0.25) is 0 Å². The number of nitro groups is 1. The first-order valence-electron chi connectivity index (χ1n) is 6.88. The molecule has 0 aliphatic rings. The molecule has 0 spiro atoms. The van der Waals surface area contributed by atoms with Crippen LogP contribution in [-0.4, -0.2) is 53.3 Å². The topological polar surface area (TPSA) is 72.5 Å². The molecule has 1 N–H and O–H groups in total. The summed E-state index contributed by atoms with van der Waals surface area (Å²) in [6, 6.07) is 3.63. The van der Waals surface area contributed by atoms with Gasteiger partial charge in [-0.05, 0) is 25.5 Å². The summed E-state index contributed by atoms with van der Waals surface area (Å²) in [4.78, 5) is 11.0. The van der Waals surface area contributed by atoms with Crippen LogP contribution in [-0.2, 0) is 0 Å². The molecule has 0 unspecified atom stereocenters. The monoisotopic (exact) mass is 292 g/mol. The summed E-state index contributed by atoms with van der Waals surface area (Å²) in [7, 11) is 6.23. The summed E-state index contributed by atoms with van der Waals surface area (Å²) in [5, 5.41) is 18.8. The Hall–Kier alpha value is -2.15. The molecule has 0 saturated carbocycles. The highest BCUT2D eigenvalue weighted by Crippen LogP contribution is 2.30. The third-order valence-corrected chi connectivity index (χ3v) is 3.53. The van der Waals surface area contributed by atoms with Crippen molar-refractivity contribution >= 4 is 17.0 Å². The summed E-state index contributed by atoms with van der Waals surface area (Å²) in [5.74, 6) is 0.335. The molecule has 7 heteroatoms. The first-order valence-corrected chi connectivity index (χ1v) is 6.88. The number of quaternary nitrogens is 1. The van der Waals surface area contributed by atoms with Crippen molar-refractivity contribution in [3.63, 3.8) is 0 Å². The van der Waals surface area contributed by atoms with E-state index in [0.717, 1.165) is 22.3 Å². The van der Waals surface area contributed by atoms with E-state index in [2.05, 4.69) is 31.6 Å². The molecule has 0 aromatic carbocycles. The maximum atomic E-state index is 11.4. The van der Waals surface area contributed by atoms with E-state index in [-0.39, 0.29) is 10.6 Å². The highest BCUT2D eigenvalue weighted by atomic mass is 16.6. The lowest BCUT2D eigenvalue weighted by Gasteiger charge is -2.23. The maximum absolute atomic E-state index is 11.4. The number of fused-ring (bicyclic) bond motifs is 1. The third kappa shape index (κ3) is 3.13. The molecule has 0 bridgehead atoms. The number of nitrogens with zero attached hydrogens (tertiary/aromatic N) is 4. The van der Waals surface area contributed by atoms with Crippen LogP contribution in [0.1, 0.15) is 11.3 Å². The molecule has 2 heterocycles. The van der Waals surface area contributed by atoms with Crippen molar-refractivity contribution in [3.8, 4) is 0 Å². The first-order chi connectivity index (χ1) is 9.70. The van der Waals surface area contributed by atoms with E-state index in [0.29, 0.717) is 17.9 Å². The molecule has 2 rings (SSSR count). The smallest absolute Gasteiger partial charge is 0.338 e. The number of aromatic nitrogens is 2. The minimum atomic E-state index is -0.370. The minimum absolute atomic E-state index is 0.0412. The summed E-state index contributed by atoms with van der Waals surface area (Å²) in [6.45, 7) is 5.36. The number of likely N-dealkylation sites (N-methyl/N-ethyl adjacent to an activating group) is 1. The van der Waals surface area contributed by atoms with Gasteiger partial charge in [-0.2, -0.15) is 0 Å². The van der Waals surface area contributed by atoms with E-state index >= 15 is 0 Å². The van der Waals surface area contributed by atoms with Gasteiger partial charge in [-0.1, -0.05) is 6.07 Å². The predicted octanol–water partition coefficient (Wildman–Crippen LogP) is 1.98. The Morgan fingerprint density at radius 3 is 2.57 bits per heavy atom. The maximum Gasteiger partial charge on any atom is 0.338 e. The van der Waals surface area contributed by atoms with Crippen LogP contribution in [0.5, 0.6) is 0 Å². The van der Waals surface area contributed by atoms with Crippen LogP contribution in [0.3, 0.4) is 0 Å². The van der Waals surface area contributed by atoms with Crippen LogP contribution in [0.4, 0.5) is 11.5 Å². The van der Waals surface area contributed by atoms with Crippen molar-refractivity contribution in [2.45, 2.75) is 13.8 Å². The van der Waals surface area contributed by atoms with Gasteiger partial charge < -0.3 is 9.80 Å². The standard InChI is InChI=1S/C14H22N5O2/c1-10-6-7-12-13(18(20)21)14(16-17(12)11(10)2)15-8-9-19(3,4)5/h6-7H,8-9H2,1-5H3,(H,15,16)/q+1. The molecule has 7 nitrogen and oxygen atoms in total. The van der Waals surface area contributed by atoms with Gasteiger partial charge in [0.05, 0.1) is 39.2 Å². The van der Waals surface area contributed by atoms with Gasteiger partial charge in [-0.3, -0.25) is 10.1 Å². The van der Waals surface area contributed by atoms with E-state index in [1.54, 1.807) is 10.6 Å². The lowest BCUT2D eigenvalue weighted by molar-refractivity contribution is -0.868. The van der Waals surface area contributed by atoms with Gasteiger partial charge in [0.15, 0.2) is 0 Å². The average Bonchev–Trinajstić information content (AvgIpc) is 2.71. The van der Waals surface area contributed by atoms with E-state index < -0.39 is 0 Å². The minimum Gasteiger partial charge on any atom is -0.357 e. The molecule has 0 aliphatic carbocycles. The largest absolute Gasteiger partial charge is 0.357 e. The number of aryl methyl sites for hydroxylation is 2.